The van der Waals surface area contributed by atoms with Crippen LogP contribution in [0.2, 0.25) is 5.28 Å². The summed E-state index contributed by atoms with van der Waals surface area (Å²) >= 11 is 5.71. The number of rotatable bonds is 6. The van der Waals surface area contributed by atoms with Crippen molar-refractivity contribution in [1.29, 1.82) is 0 Å². The maximum atomic E-state index is 5.71. The minimum Gasteiger partial charge on any atom is -0.491 e. The van der Waals surface area contributed by atoms with Gasteiger partial charge in [0.2, 0.25) is 5.28 Å². The first-order valence-electron chi connectivity index (χ1n) is 5.82. The van der Waals surface area contributed by atoms with E-state index < -0.39 is 0 Å². The van der Waals surface area contributed by atoms with Crippen molar-refractivity contribution in [1.82, 2.24) is 15.0 Å². The molecule has 1 aromatic carbocycles. The number of methoxy groups -OCH3 is 1. The predicted octanol–water partition coefficient (Wildman–Crippen LogP) is 2.14. The van der Waals surface area contributed by atoms with E-state index in [0.717, 1.165) is 11.3 Å². The van der Waals surface area contributed by atoms with Gasteiger partial charge in [-0.3, -0.25) is 0 Å². The average molecular weight is 280 g/mol. The summed E-state index contributed by atoms with van der Waals surface area (Å²) in [5, 5.41) is 0.213. The molecule has 0 amide bonds. The van der Waals surface area contributed by atoms with Crippen LogP contribution in [0.4, 0.5) is 0 Å². The Morgan fingerprint density at radius 3 is 2.58 bits per heavy atom. The molecule has 19 heavy (non-hydrogen) atoms. The summed E-state index contributed by atoms with van der Waals surface area (Å²) in [6.07, 6.45) is 2.02. The smallest absolute Gasteiger partial charge is 0.225 e. The molecule has 0 bridgehead atoms. The molecule has 2 aromatic rings. The molecule has 1 aromatic heterocycles. The number of aromatic nitrogens is 3. The first-order valence-corrected chi connectivity index (χ1v) is 6.20. The van der Waals surface area contributed by atoms with Crippen molar-refractivity contribution in [3.8, 4) is 5.75 Å². The predicted molar refractivity (Wildman–Crippen MR) is 71.5 cm³/mol. The minimum atomic E-state index is 0.213. The Morgan fingerprint density at radius 2 is 1.89 bits per heavy atom. The SMILES string of the molecule is COCCOc1ccc(Cc2ncnc(Cl)n2)cc1. The maximum absolute atomic E-state index is 5.71. The van der Waals surface area contributed by atoms with Gasteiger partial charge in [0.1, 0.15) is 24.5 Å². The van der Waals surface area contributed by atoms with Gasteiger partial charge in [0.15, 0.2) is 0 Å². The van der Waals surface area contributed by atoms with Crippen LogP contribution in [0.5, 0.6) is 5.75 Å². The highest BCUT2D eigenvalue weighted by molar-refractivity contribution is 6.28. The third-order valence-corrected chi connectivity index (χ3v) is 2.62. The van der Waals surface area contributed by atoms with Crippen molar-refractivity contribution < 1.29 is 9.47 Å². The fourth-order valence-corrected chi connectivity index (χ4v) is 1.66. The van der Waals surface area contributed by atoms with E-state index in [1.165, 1.54) is 6.33 Å². The Labute approximate surface area is 116 Å². The Balaban J connectivity index is 1.95. The topological polar surface area (TPSA) is 57.1 Å². The normalized spacial score (nSPS) is 10.4. The fraction of sp³-hybridized carbons (Fsp3) is 0.308. The quantitative estimate of drug-likeness (QED) is 0.758. The van der Waals surface area contributed by atoms with E-state index in [4.69, 9.17) is 21.1 Å². The molecule has 5 nitrogen and oxygen atoms in total. The van der Waals surface area contributed by atoms with Crippen LogP contribution in [0.15, 0.2) is 30.6 Å². The summed E-state index contributed by atoms with van der Waals surface area (Å²) in [6.45, 7) is 1.12. The Bertz CT molecular complexity index is 520. The molecule has 2 rings (SSSR count). The highest BCUT2D eigenvalue weighted by Gasteiger charge is 2.01. The van der Waals surface area contributed by atoms with E-state index >= 15 is 0 Å². The van der Waals surface area contributed by atoms with Crippen LogP contribution in [0.1, 0.15) is 11.4 Å². The number of benzene rings is 1. The van der Waals surface area contributed by atoms with Gasteiger partial charge in [-0.1, -0.05) is 12.1 Å². The van der Waals surface area contributed by atoms with Gasteiger partial charge in [-0.05, 0) is 29.3 Å². The van der Waals surface area contributed by atoms with Crippen molar-refractivity contribution in [3.05, 3.63) is 47.3 Å². The highest BCUT2D eigenvalue weighted by Crippen LogP contribution is 2.14. The number of hydrogen-bond acceptors (Lipinski definition) is 5. The van der Waals surface area contributed by atoms with Gasteiger partial charge in [0.05, 0.1) is 6.61 Å². The van der Waals surface area contributed by atoms with E-state index in [9.17, 15) is 0 Å². The van der Waals surface area contributed by atoms with Gasteiger partial charge in [-0.15, -0.1) is 0 Å². The summed E-state index contributed by atoms with van der Waals surface area (Å²) in [5.41, 5.74) is 1.08. The summed E-state index contributed by atoms with van der Waals surface area (Å²) < 4.78 is 10.4. The number of hydrogen-bond donors (Lipinski definition) is 0. The molecule has 1 heterocycles. The zero-order valence-corrected chi connectivity index (χ0v) is 11.3. The molecule has 0 spiro atoms. The zero-order chi connectivity index (χ0) is 13.5. The van der Waals surface area contributed by atoms with E-state index in [1.54, 1.807) is 7.11 Å². The van der Waals surface area contributed by atoms with E-state index in [1.807, 2.05) is 24.3 Å². The molecule has 0 radical (unpaired) electrons. The third-order valence-electron chi connectivity index (χ3n) is 2.43. The minimum absolute atomic E-state index is 0.213. The Hall–Kier alpha value is -1.72. The van der Waals surface area contributed by atoms with Crippen LogP contribution in [0.3, 0.4) is 0 Å². The van der Waals surface area contributed by atoms with Crippen LogP contribution in [0, 0.1) is 0 Å². The standard InChI is InChI=1S/C13H14ClN3O2/c1-18-6-7-19-11-4-2-10(3-5-11)8-12-15-9-16-13(14)17-12/h2-5,9H,6-8H2,1H3. The van der Waals surface area contributed by atoms with Crippen molar-refractivity contribution in [2.75, 3.05) is 20.3 Å². The van der Waals surface area contributed by atoms with Gasteiger partial charge >= 0.3 is 0 Å². The lowest BCUT2D eigenvalue weighted by molar-refractivity contribution is 0.146. The van der Waals surface area contributed by atoms with Crippen molar-refractivity contribution in [2.24, 2.45) is 0 Å². The number of halogens is 1. The number of nitrogens with zero attached hydrogens (tertiary/aromatic N) is 3. The van der Waals surface area contributed by atoms with Crippen LogP contribution in [-0.2, 0) is 11.2 Å². The molecule has 0 saturated carbocycles. The molecule has 100 valence electrons. The Kier molecular flexibility index (Phi) is 5.06. The molecule has 0 unspecified atom stereocenters. The van der Waals surface area contributed by atoms with E-state index in [0.29, 0.717) is 25.5 Å². The maximum Gasteiger partial charge on any atom is 0.225 e. The first kappa shape index (κ1) is 13.7. The van der Waals surface area contributed by atoms with Crippen molar-refractivity contribution in [3.63, 3.8) is 0 Å². The molecule has 0 N–H and O–H groups in total. The number of ether oxygens (including phenoxy) is 2. The van der Waals surface area contributed by atoms with Gasteiger partial charge in [0, 0.05) is 13.5 Å². The second-order valence-corrected chi connectivity index (χ2v) is 4.17. The summed E-state index contributed by atoms with van der Waals surface area (Å²) in [6, 6.07) is 7.77. The lowest BCUT2D eigenvalue weighted by Gasteiger charge is -2.06. The zero-order valence-electron chi connectivity index (χ0n) is 10.5. The molecule has 0 atom stereocenters. The largest absolute Gasteiger partial charge is 0.491 e. The molecule has 6 heteroatoms. The third kappa shape index (κ3) is 4.46. The molecule has 0 aliphatic heterocycles. The lowest BCUT2D eigenvalue weighted by Crippen LogP contribution is -2.04. The van der Waals surface area contributed by atoms with Gasteiger partial charge in [-0.25, -0.2) is 15.0 Å². The van der Waals surface area contributed by atoms with Gasteiger partial charge in [-0.2, -0.15) is 0 Å². The molecule has 0 saturated heterocycles. The van der Waals surface area contributed by atoms with Crippen molar-refractivity contribution in [2.45, 2.75) is 6.42 Å². The average Bonchev–Trinajstić information content (AvgIpc) is 2.41. The monoisotopic (exact) mass is 279 g/mol. The lowest BCUT2D eigenvalue weighted by atomic mass is 10.1. The first-order chi connectivity index (χ1) is 9.28. The van der Waals surface area contributed by atoms with Crippen LogP contribution >= 0.6 is 11.6 Å². The van der Waals surface area contributed by atoms with Gasteiger partial charge in [0.25, 0.3) is 0 Å². The van der Waals surface area contributed by atoms with Gasteiger partial charge < -0.3 is 9.47 Å². The van der Waals surface area contributed by atoms with E-state index in [2.05, 4.69) is 15.0 Å². The fourth-order valence-electron chi connectivity index (χ4n) is 1.52. The summed E-state index contributed by atoms with van der Waals surface area (Å²) in [4.78, 5) is 11.9. The van der Waals surface area contributed by atoms with Crippen LogP contribution in [-0.4, -0.2) is 35.3 Å². The molecule has 0 aliphatic rings. The highest BCUT2D eigenvalue weighted by atomic mass is 35.5. The molecular formula is C13H14ClN3O2. The second kappa shape index (κ2) is 7.01. The summed E-state index contributed by atoms with van der Waals surface area (Å²) in [7, 11) is 1.65. The Morgan fingerprint density at radius 1 is 1.11 bits per heavy atom. The molecule has 0 fully saturated rings. The molecular weight excluding hydrogens is 266 g/mol. The van der Waals surface area contributed by atoms with E-state index in [-0.39, 0.29) is 5.28 Å². The van der Waals surface area contributed by atoms with Crippen LogP contribution in [0.25, 0.3) is 0 Å². The second-order valence-electron chi connectivity index (χ2n) is 3.83. The summed E-state index contributed by atoms with van der Waals surface area (Å²) in [5.74, 6) is 1.46. The van der Waals surface area contributed by atoms with Crippen molar-refractivity contribution >= 4 is 11.6 Å². The van der Waals surface area contributed by atoms with Crippen LogP contribution < -0.4 is 4.74 Å². The molecule has 0 aliphatic carbocycles.